The molecule has 1 N–H and O–H groups in total. The quantitative estimate of drug-likeness (QED) is 0.797. The molecule has 2 saturated carbocycles. The van der Waals surface area contributed by atoms with Gasteiger partial charge in [-0.3, -0.25) is 4.90 Å². The van der Waals surface area contributed by atoms with Gasteiger partial charge in [0.25, 0.3) is 0 Å². The number of nitrogens with zero attached hydrogens (tertiary/aromatic N) is 2. The van der Waals surface area contributed by atoms with Crippen LogP contribution in [-0.2, 0) is 0 Å². The van der Waals surface area contributed by atoms with Gasteiger partial charge in [0.2, 0.25) is 0 Å². The van der Waals surface area contributed by atoms with Crippen molar-refractivity contribution in [3.63, 3.8) is 0 Å². The van der Waals surface area contributed by atoms with Crippen molar-refractivity contribution in [2.75, 3.05) is 33.7 Å². The van der Waals surface area contributed by atoms with Gasteiger partial charge >= 0.3 is 0 Å². The van der Waals surface area contributed by atoms with Crippen LogP contribution in [0.15, 0.2) is 0 Å². The zero-order chi connectivity index (χ0) is 12.7. The van der Waals surface area contributed by atoms with E-state index in [1.165, 1.54) is 45.3 Å². The number of likely N-dealkylation sites (N-methyl/N-ethyl adjacent to an activating group) is 1. The first-order chi connectivity index (χ1) is 8.65. The summed E-state index contributed by atoms with van der Waals surface area (Å²) in [6, 6.07) is 2.52. The van der Waals surface area contributed by atoms with Crippen LogP contribution in [0.4, 0.5) is 0 Å². The summed E-state index contributed by atoms with van der Waals surface area (Å²) in [6.45, 7) is 6.29. The zero-order valence-corrected chi connectivity index (χ0v) is 12.2. The molecule has 3 rings (SSSR count). The molecule has 2 aliphatic carbocycles. The summed E-state index contributed by atoms with van der Waals surface area (Å²) in [4.78, 5) is 5.19. The second kappa shape index (κ2) is 5.10. The summed E-state index contributed by atoms with van der Waals surface area (Å²) < 4.78 is 0. The molecular weight excluding hydrogens is 222 g/mol. The lowest BCUT2D eigenvalue weighted by Gasteiger charge is -2.43. The minimum atomic E-state index is 0.766. The molecule has 3 heteroatoms. The van der Waals surface area contributed by atoms with Crippen molar-refractivity contribution in [3.8, 4) is 0 Å². The second-order valence-electron chi connectivity index (χ2n) is 7.05. The second-order valence-corrected chi connectivity index (χ2v) is 7.05. The summed E-state index contributed by atoms with van der Waals surface area (Å²) in [5.74, 6) is 1.76. The standard InChI is InChI=1S/C15H29N3/c1-11-9-18(10-15(11)17(2)3)14-7-4-12(14)8-16-13-5-6-13/h11-16H,4-10H2,1-3H3. The van der Waals surface area contributed by atoms with Crippen LogP contribution < -0.4 is 5.32 Å². The normalized spacial score (nSPS) is 41.3. The Morgan fingerprint density at radius 3 is 2.39 bits per heavy atom. The highest BCUT2D eigenvalue weighted by Gasteiger charge is 2.41. The van der Waals surface area contributed by atoms with E-state index < -0.39 is 0 Å². The largest absolute Gasteiger partial charge is 0.314 e. The Bertz CT molecular complexity index is 287. The first kappa shape index (κ1) is 12.9. The number of rotatable bonds is 5. The number of nitrogens with one attached hydrogen (secondary N) is 1. The summed E-state index contributed by atoms with van der Waals surface area (Å²) in [7, 11) is 4.47. The van der Waals surface area contributed by atoms with Crippen LogP contribution in [0.2, 0.25) is 0 Å². The Morgan fingerprint density at radius 2 is 1.89 bits per heavy atom. The monoisotopic (exact) mass is 251 g/mol. The SMILES string of the molecule is CC1CN(C2CCC2CNC2CC2)CC1N(C)C. The highest BCUT2D eigenvalue weighted by Crippen LogP contribution is 2.36. The van der Waals surface area contributed by atoms with E-state index in [1.807, 2.05) is 0 Å². The molecule has 3 fully saturated rings. The predicted molar refractivity (Wildman–Crippen MR) is 75.7 cm³/mol. The van der Waals surface area contributed by atoms with Crippen LogP contribution in [0.25, 0.3) is 0 Å². The molecule has 1 aliphatic heterocycles. The van der Waals surface area contributed by atoms with Gasteiger partial charge in [0.05, 0.1) is 0 Å². The lowest BCUT2D eigenvalue weighted by Crippen LogP contribution is -2.50. The van der Waals surface area contributed by atoms with E-state index in [0.29, 0.717) is 0 Å². The molecule has 0 aromatic carbocycles. The van der Waals surface area contributed by atoms with Gasteiger partial charge in [-0.05, 0) is 58.2 Å². The summed E-state index contributed by atoms with van der Waals surface area (Å²) in [6.07, 6.45) is 5.72. The molecular formula is C15H29N3. The molecule has 4 atom stereocenters. The van der Waals surface area contributed by atoms with Gasteiger partial charge in [0.1, 0.15) is 0 Å². The summed E-state index contributed by atoms with van der Waals surface area (Å²) >= 11 is 0. The Morgan fingerprint density at radius 1 is 1.11 bits per heavy atom. The third-order valence-electron chi connectivity index (χ3n) is 5.36. The molecule has 0 aromatic rings. The number of hydrogen-bond acceptors (Lipinski definition) is 3. The maximum absolute atomic E-state index is 3.72. The van der Waals surface area contributed by atoms with Crippen LogP contribution in [0.1, 0.15) is 32.6 Å². The first-order valence-corrected chi connectivity index (χ1v) is 7.79. The van der Waals surface area contributed by atoms with Gasteiger partial charge in [0.15, 0.2) is 0 Å². The molecule has 0 amide bonds. The van der Waals surface area contributed by atoms with E-state index in [-0.39, 0.29) is 0 Å². The Labute approximate surface area is 112 Å². The van der Waals surface area contributed by atoms with Crippen LogP contribution in [0, 0.1) is 11.8 Å². The van der Waals surface area contributed by atoms with Gasteiger partial charge in [-0.15, -0.1) is 0 Å². The number of hydrogen-bond donors (Lipinski definition) is 1. The molecule has 1 heterocycles. The van der Waals surface area contributed by atoms with Gasteiger partial charge in [-0.2, -0.15) is 0 Å². The van der Waals surface area contributed by atoms with Gasteiger partial charge in [-0.1, -0.05) is 6.92 Å². The summed E-state index contributed by atoms with van der Waals surface area (Å²) in [5.41, 5.74) is 0. The van der Waals surface area contributed by atoms with E-state index in [4.69, 9.17) is 0 Å². The van der Waals surface area contributed by atoms with Crippen molar-refractivity contribution < 1.29 is 0 Å². The molecule has 0 aromatic heterocycles. The molecule has 18 heavy (non-hydrogen) atoms. The predicted octanol–water partition coefficient (Wildman–Crippen LogP) is 1.40. The highest BCUT2D eigenvalue weighted by atomic mass is 15.3. The molecule has 3 nitrogen and oxygen atoms in total. The van der Waals surface area contributed by atoms with E-state index in [0.717, 1.165) is 30.0 Å². The lowest BCUT2D eigenvalue weighted by molar-refractivity contribution is 0.0755. The highest BCUT2D eigenvalue weighted by molar-refractivity contribution is 4.97. The van der Waals surface area contributed by atoms with Crippen LogP contribution in [-0.4, -0.2) is 61.7 Å². The zero-order valence-electron chi connectivity index (χ0n) is 12.2. The fourth-order valence-electron chi connectivity index (χ4n) is 3.81. The van der Waals surface area contributed by atoms with Crippen LogP contribution in [0.5, 0.6) is 0 Å². The Hall–Kier alpha value is -0.120. The van der Waals surface area contributed by atoms with Crippen molar-refractivity contribution >= 4 is 0 Å². The molecule has 4 unspecified atom stereocenters. The Balaban J connectivity index is 1.49. The van der Waals surface area contributed by atoms with Gasteiger partial charge in [0, 0.05) is 31.2 Å². The smallest absolute Gasteiger partial charge is 0.0254 e. The van der Waals surface area contributed by atoms with Gasteiger partial charge < -0.3 is 10.2 Å². The van der Waals surface area contributed by atoms with E-state index >= 15 is 0 Å². The average Bonchev–Trinajstić information content (AvgIpc) is 3.01. The minimum Gasteiger partial charge on any atom is -0.314 e. The van der Waals surface area contributed by atoms with Crippen molar-refractivity contribution in [2.24, 2.45) is 11.8 Å². The molecule has 3 aliphatic rings. The van der Waals surface area contributed by atoms with E-state index in [9.17, 15) is 0 Å². The van der Waals surface area contributed by atoms with Crippen LogP contribution >= 0.6 is 0 Å². The molecule has 0 bridgehead atoms. The third-order valence-corrected chi connectivity index (χ3v) is 5.36. The van der Waals surface area contributed by atoms with Crippen molar-refractivity contribution in [1.82, 2.24) is 15.1 Å². The molecule has 104 valence electrons. The third kappa shape index (κ3) is 2.59. The lowest BCUT2D eigenvalue weighted by atomic mass is 9.78. The Kier molecular flexibility index (Phi) is 3.65. The molecule has 0 spiro atoms. The first-order valence-electron chi connectivity index (χ1n) is 7.79. The number of likely N-dealkylation sites (tertiary alicyclic amines) is 1. The molecule has 0 radical (unpaired) electrons. The van der Waals surface area contributed by atoms with Crippen molar-refractivity contribution in [3.05, 3.63) is 0 Å². The maximum atomic E-state index is 3.72. The summed E-state index contributed by atoms with van der Waals surface area (Å²) in [5, 5.41) is 3.72. The van der Waals surface area contributed by atoms with Gasteiger partial charge in [-0.25, -0.2) is 0 Å². The topological polar surface area (TPSA) is 18.5 Å². The fraction of sp³-hybridized carbons (Fsp3) is 1.00. The van der Waals surface area contributed by atoms with E-state index in [1.54, 1.807) is 0 Å². The van der Waals surface area contributed by atoms with Crippen molar-refractivity contribution in [2.45, 2.75) is 50.7 Å². The maximum Gasteiger partial charge on any atom is 0.0254 e. The van der Waals surface area contributed by atoms with Crippen LogP contribution in [0.3, 0.4) is 0 Å². The van der Waals surface area contributed by atoms with Crippen molar-refractivity contribution in [1.29, 1.82) is 0 Å². The fourth-order valence-corrected chi connectivity index (χ4v) is 3.81. The average molecular weight is 251 g/mol. The minimum absolute atomic E-state index is 0.766. The van der Waals surface area contributed by atoms with E-state index in [2.05, 4.69) is 36.1 Å². The molecule has 1 saturated heterocycles.